The Hall–Kier alpha value is -2.00. The number of thiophene rings is 2. The summed E-state index contributed by atoms with van der Waals surface area (Å²) in [5.74, 6) is 0. The topological polar surface area (TPSA) is 8.81 Å². The molecule has 0 N–H and O–H groups in total. The molecule has 3 aromatic heterocycles. The van der Waals surface area contributed by atoms with Gasteiger partial charge < -0.3 is 0 Å². The van der Waals surface area contributed by atoms with Crippen molar-refractivity contribution in [2.24, 2.45) is 0 Å². The van der Waals surface area contributed by atoms with Gasteiger partial charge >= 0.3 is 8.51 Å². The molecule has 2 aromatic carbocycles. The first-order chi connectivity index (χ1) is 13.2. The fraction of sp³-hybridized carbons (Fsp3) is 0.182. The summed E-state index contributed by atoms with van der Waals surface area (Å²) in [7, 11) is 1.22. The Morgan fingerprint density at radius 3 is 2.15 bits per heavy atom. The van der Waals surface area contributed by atoms with E-state index in [0.717, 1.165) is 0 Å². The van der Waals surface area contributed by atoms with E-state index < -0.39 is 0 Å². The van der Waals surface area contributed by atoms with Crippen molar-refractivity contribution in [3.05, 3.63) is 82.8 Å². The van der Waals surface area contributed by atoms with Crippen LogP contribution in [0.2, 0.25) is 0 Å². The van der Waals surface area contributed by atoms with E-state index in [0.29, 0.717) is 12.1 Å². The molecular formula is C22H20N2PS2+. The van der Waals surface area contributed by atoms with Crippen molar-refractivity contribution in [1.82, 2.24) is 4.33 Å². The summed E-state index contributed by atoms with van der Waals surface area (Å²) in [5.41, 5.74) is 2.84. The van der Waals surface area contributed by atoms with Crippen LogP contribution in [0.1, 0.15) is 37.1 Å². The van der Waals surface area contributed by atoms with E-state index in [1.807, 2.05) is 22.7 Å². The first-order valence-electron chi connectivity index (χ1n) is 9.11. The smallest absolute Gasteiger partial charge is 0.208 e. The van der Waals surface area contributed by atoms with Crippen LogP contribution in [0.3, 0.4) is 0 Å². The van der Waals surface area contributed by atoms with Gasteiger partial charge in [0.15, 0.2) is 0 Å². The van der Waals surface area contributed by atoms with E-state index in [2.05, 4.69) is 94.2 Å². The van der Waals surface area contributed by atoms with Crippen molar-refractivity contribution >= 4 is 51.4 Å². The Balaban J connectivity index is 1.49. The number of hydrogen-bond acceptors (Lipinski definition) is 2. The van der Waals surface area contributed by atoms with Crippen molar-refractivity contribution in [2.45, 2.75) is 25.9 Å². The maximum atomic E-state index is 2.42. The lowest BCUT2D eigenvalue weighted by Gasteiger charge is -2.08. The fourth-order valence-corrected chi connectivity index (χ4v) is 6.79. The molecule has 5 heteroatoms. The van der Waals surface area contributed by atoms with Gasteiger partial charge in [0.1, 0.15) is 24.5 Å². The van der Waals surface area contributed by atoms with E-state index in [4.69, 9.17) is 0 Å². The Morgan fingerprint density at radius 1 is 0.852 bits per heavy atom. The van der Waals surface area contributed by atoms with Crippen molar-refractivity contribution in [3.8, 4) is 0 Å². The largest absolute Gasteiger partial charge is 0.347 e. The van der Waals surface area contributed by atoms with E-state index >= 15 is 0 Å². The van der Waals surface area contributed by atoms with Gasteiger partial charge in [-0.3, -0.25) is 0 Å². The molecule has 0 fully saturated rings. The van der Waals surface area contributed by atoms with Crippen LogP contribution < -0.4 is 4.33 Å². The Kier molecular flexibility index (Phi) is 4.35. The van der Waals surface area contributed by atoms with Crippen LogP contribution in [0.15, 0.2) is 71.7 Å². The van der Waals surface area contributed by atoms with E-state index in [1.165, 1.54) is 39.8 Å². The lowest BCUT2D eigenvalue weighted by molar-refractivity contribution is -0.641. The lowest BCUT2D eigenvalue weighted by Crippen LogP contribution is -2.32. The molecule has 0 aliphatic rings. The molecule has 0 radical (unpaired) electrons. The van der Waals surface area contributed by atoms with Gasteiger partial charge in [0.25, 0.3) is 0 Å². The van der Waals surface area contributed by atoms with Gasteiger partial charge in [-0.1, -0.05) is 36.4 Å². The minimum atomic E-state index is 0.357. The van der Waals surface area contributed by atoms with Gasteiger partial charge in [-0.15, -0.1) is 22.7 Å². The normalized spacial score (nSPS) is 14.3. The van der Waals surface area contributed by atoms with Gasteiger partial charge in [0, 0.05) is 20.5 Å². The van der Waals surface area contributed by atoms with E-state index in [9.17, 15) is 0 Å². The van der Waals surface area contributed by atoms with Gasteiger partial charge in [-0.25, -0.2) is 8.66 Å². The zero-order chi connectivity index (χ0) is 18.4. The summed E-state index contributed by atoms with van der Waals surface area (Å²) in [6.45, 7) is 4.61. The van der Waals surface area contributed by atoms with Crippen molar-refractivity contribution in [2.75, 3.05) is 0 Å². The maximum Gasteiger partial charge on any atom is 0.347 e. The number of rotatable bonds is 4. The Morgan fingerprint density at radius 2 is 1.44 bits per heavy atom. The summed E-state index contributed by atoms with van der Waals surface area (Å²) in [4.78, 5) is 0. The minimum absolute atomic E-state index is 0.357. The van der Waals surface area contributed by atoms with E-state index in [1.54, 1.807) is 0 Å². The molecule has 2 nitrogen and oxygen atoms in total. The summed E-state index contributed by atoms with van der Waals surface area (Å²) in [5, 5.41) is 7.40. The number of fused-ring (bicyclic) bond motifs is 2. The zero-order valence-electron chi connectivity index (χ0n) is 15.2. The Bertz CT molecular complexity index is 1140. The third-order valence-electron chi connectivity index (χ3n) is 5.29. The van der Waals surface area contributed by atoms with Crippen LogP contribution in [0.4, 0.5) is 0 Å². The Labute approximate surface area is 168 Å². The quantitative estimate of drug-likeness (QED) is 0.303. The molecule has 3 heterocycles. The predicted octanol–water partition coefficient (Wildman–Crippen LogP) is 7.00. The monoisotopic (exact) mass is 407 g/mol. The second kappa shape index (κ2) is 6.87. The number of benzene rings is 2. The standard InChI is InChI=1S/C22H20N2PS2/c1-15(19-13-26-21-9-5-3-7-17(19)21)23-11-12-24(25-23)16(2)20-14-27-22-10-6-4-8-18(20)22/h3-16H,1-2H3/q+1/t15-,16-/m1/s1. The van der Waals surface area contributed by atoms with Crippen LogP contribution in [-0.4, -0.2) is 4.33 Å². The number of aromatic nitrogens is 2. The first kappa shape index (κ1) is 17.1. The van der Waals surface area contributed by atoms with Crippen LogP contribution in [0, 0.1) is 0 Å². The molecule has 134 valence electrons. The molecule has 0 spiro atoms. The molecule has 5 aromatic rings. The summed E-state index contributed by atoms with van der Waals surface area (Å²) >= 11 is 3.68. The van der Waals surface area contributed by atoms with Gasteiger partial charge in [-0.2, -0.15) is 0 Å². The molecule has 0 amide bonds. The summed E-state index contributed by atoms with van der Waals surface area (Å²) in [6, 6.07) is 18.1. The highest BCUT2D eigenvalue weighted by molar-refractivity contribution is 7.18. The summed E-state index contributed by atoms with van der Waals surface area (Å²) < 4.78 is 7.57. The molecule has 0 bridgehead atoms. The predicted molar refractivity (Wildman–Crippen MR) is 118 cm³/mol. The van der Waals surface area contributed by atoms with Gasteiger partial charge in [0.05, 0.1) is 0 Å². The number of hydrogen-bond donors (Lipinski definition) is 0. The maximum absolute atomic E-state index is 2.42. The molecule has 27 heavy (non-hydrogen) atoms. The van der Waals surface area contributed by atoms with Crippen LogP contribution in [0.5, 0.6) is 0 Å². The number of nitrogens with zero attached hydrogens (tertiary/aromatic N) is 2. The van der Waals surface area contributed by atoms with E-state index in [-0.39, 0.29) is 0 Å². The van der Waals surface area contributed by atoms with Gasteiger partial charge in [0.2, 0.25) is 0 Å². The van der Waals surface area contributed by atoms with Crippen LogP contribution in [-0.2, 0) is 0 Å². The highest BCUT2D eigenvalue weighted by Crippen LogP contribution is 2.34. The second-order valence-corrected chi connectivity index (χ2v) is 9.80. The van der Waals surface area contributed by atoms with Crippen LogP contribution in [0.25, 0.3) is 20.2 Å². The molecule has 5 rings (SSSR count). The van der Waals surface area contributed by atoms with Gasteiger partial charge in [-0.05, 0) is 47.5 Å². The third kappa shape index (κ3) is 2.93. The highest BCUT2D eigenvalue weighted by Gasteiger charge is 2.23. The molecule has 0 saturated carbocycles. The van der Waals surface area contributed by atoms with Crippen LogP contribution >= 0.6 is 31.2 Å². The molecule has 0 saturated heterocycles. The average molecular weight is 408 g/mol. The molecule has 0 aliphatic heterocycles. The lowest BCUT2D eigenvalue weighted by atomic mass is 10.1. The van der Waals surface area contributed by atoms with Crippen molar-refractivity contribution < 1.29 is 4.33 Å². The fourth-order valence-electron chi connectivity index (χ4n) is 3.66. The van der Waals surface area contributed by atoms with Crippen molar-refractivity contribution in [3.63, 3.8) is 0 Å². The molecule has 2 atom stereocenters. The minimum Gasteiger partial charge on any atom is -0.208 e. The third-order valence-corrected chi connectivity index (χ3v) is 8.63. The zero-order valence-corrected chi connectivity index (χ0v) is 17.8. The second-order valence-electron chi connectivity index (χ2n) is 6.87. The molecule has 0 aliphatic carbocycles. The first-order valence-corrected chi connectivity index (χ1v) is 11.7. The average Bonchev–Trinajstić information content (AvgIpc) is 3.44. The SMILES string of the molecule is C[C@H](c1csc2ccccc12)n1cc[n+]([C@H](C)c2csc3ccccc23)p1. The summed E-state index contributed by atoms with van der Waals surface area (Å²) in [6.07, 6.45) is 4.48. The highest BCUT2D eigenvalue weighted by atomic mass is 32.1. The molecular weight excluding hydrogens is 387 g/mol. The molecule has 0 unspecified atom stereocenters. The van der Waals surface area contributed by atoms with Crippen molar-refractivity contribution in [1.29, 1.82) is 0 Å².